The minimum Gasteiger partial charge on any atom is -0.455 e. The Labute approximate surface area is 169 Å². The van der Waals surface area contributed by atoms with E-state index >= 15 is 0 Å². The third kappa shape index (κ3) is 3.55. The van der Waals surface area contributed by atoms with E-state index in [1.165, 1.54) is 19.3 Å². The molecule has 4 bridgehead atoms. The van der Waals surface area contributed by atoms with E-state index in [0.29, 0.717) is 11.8 Å². The van der Waals surface area contributed by atoms with Crippen LogP contribution in [0.2, 0.25) is 0 Å². The fourth-order valence-electron chi connectivity index (χ4n) is 6.06. The first kappa shape index (κ1) is 19.0. The number of rotatable bonds is 5. The molecule has 0 heterocycles. The van der Waals surface area contributed by atoms with Gasteiger partial charge in [-0.2, -0.15) is 0 Å². The third-order valence-corrected chi connectivity index (χ3v) is 7.50. The van der Waals surface area contributed by atoms with Crippen molar-refractivity contribution < 1.29 is 14.3 Å². The first-order valence-corrected chi connectivity index (χ1v) is 10.8. The van der Waals surface area contributed by atoms with E-state index in [-0.39, 0.29) is 34.3 Å². The zero-order valence-corrected chi connectivity index (χ0v) is 17.7. The van der Waals surface area contributed by atoms with Gasteiger partial charge in [-0.15, -0.1) is 0 Å². The number of alkyl halides is 1. The van der Waals surface area contributed by atoms with E-state index in [9.17, 15) is 9.59 Å². The summed E-state index contributed by atoms with van der Waals surface area (Å²) >= 11 is 3.93. The Morgan fingerprint density at radius 1 is 1.15 bits per heavy atom. The third-order valence-electron chi connectivity index (χ3n) is 6.57. The van der Waals surface area contributed by atoms with E-state index in [0.717, 1.165) is 24.9 Å². The van der Waals surface area contributed by atoms with Crippen molar-refractivity contribution in [2.24, 2.45) is 17.3 Å². The highest BCUT2D eigenvalue weighted by atomic mass is 79.9. The fourth-order valence-corrected chi connectivity index (χ4v) is 7.51. The quantitative estimate of drug-likeness (QED) is 0.498. The summed E-state index contributed by atoms with van der Waals surface area (Å²) in [7, 11) is 0. The van der Waals surface area contributed by atoms with Gasteiger partial charge >= 0.3 is 5.97 Å². The molecule has 4 nitrogen and oxygen atoms in total. The molecule has 4 aliphatic rings. The molecule has 4 aliphatic carbocycles. The summed E-state index contributed by atoms with van der Waals surface area (Å²) in [4.78, 5) is 27.6. The van der Waals surface area contributed by atoms with Crippen LogP contribution in [-0.2, 0) is 14.3 Å². The summed E-state index contributed by atoms with van der Waals surface area (Å²) in [5.74, 6) is 0.907. The van der Waals surface area contributed by atoms with Gasteiger partial charge in [-0.3, -0.25) is 9.59 Å². The first-order valence-electron chi connectivity index (χ1n) is 10.0. The second-order valence-corrected chi connectivity index (χ2v) is 10.8. The van der Waals surface area contributed by atoms with Crippen LogP contribution in [0.25, 0.3) is 0 Å². The number of esters is 1. The van der Waals surface area contributed by atoms with Crippen molar-refractivity contribution in [1.82, 2.24) is 0 Å². The van der Waals surface area contributed by atoms with Crippen LogP contribution in [0.5, 0.6) is 0 Å². The highest BCUT2D eigenvalue weighted by molar-refractivity contribution is 9.10. The molecule has 0 aromatic heterocycles. The lowest BCUT2D eigenvalue weighted by Gasteiger charge is -2.58. The topological polar surface area (TPSA) is 46.6 Å². The van der Waals surface area contributed by atoms with E-state index in [4.69, 9.17) is 4.74 Å². The Morgan fingerprint density at radius 3 is 2.33 bits per heavy atom. The molecule has 1 aromatic carbocycles. The van der Waals surface area contributed by atoms with E-state index in [2.05, 4.69) is 15.9 Å². The van der Waals surface area contributed by atoms with Crippen molar-refractivity contribution in [2.45, 2.75) is 62.7 Å². The molecule has 1 amide bonds. The first-order chi connectivity index (χ1) is 12.8. The van der Waals surface area contributed by atoms with E-state index in [1.807, 2.05) is 44.2 Å². The largest absolute Gasteiger partial charge is 0.455 e. The summed E-state index contributed by atoms with van der Waals surface area (Å²) in [5.41, 5.74) is 0.450. The lowest BCUT2D eigenvalue weighted by molar-refractivity contribution is -0.171. The summed E-state index contributed by atoms with van der Waals surface area (Å²) in [6.07, 6.45) is 6.30. The molecule has 0 spiro atoms. The van der Waals surface area contributed by atoms with E-state index < -0.39 is 0 Å². The Bertz CT molecular complexity index is 718. The Hall–Kier alpha value is -1.36. The number of carbonyl (C=O) groups is 2. The van der Waals surface area contributed by atoms with Crippen LogP contribution in [0.4, 0.5) is 5.69 Å². The van der Waals surface area contributed by atoms with Crippen molar-refractivity contribution in [3.63, 3.8) is 0 Å². The van der Waals surface area contributed by atoms with Crippen LogP contribution in [0.15, 0.2) is 30.3 Å². The molecule has 5 heteroatoms. The fraction of sp³-hybridized carbons (Fsp3) is 0.636. The highest BCUT2D eigenvalue weighted by Crippen LogP contribution is 2.64. The average molecular weight is 434 g/mol. The number of anilines is 1. The maximum Gasteiger partial charge on any atom is 0.312 e. The Morgan fingerprint density at radius 2 is 1.78 bits per heavy atom. The molecule has 5 rings (SSSR count). The molecule has 1 aromatic rings. The summed E-state index contributed by atoms with van der Waals surface area (Å²) < 4.78 is 5.74. The number of halogens is 1. The molecule has 146 valence electrons. The van der Waals surface area contributed by atoms with Gasteiger partial charge in [0.25, 0.3) is 5.91 Å². The number of nitrogens with zero attached hydrogens (tertiary/aromatic N) is 1. The van der Waals surface area contributed by atoms with Crippen LogP contribution in [-0.4, -0.2) is 28.8 Å². The SMILES string of the molecule is CC(C)N(C(=O)COC(=O)C12C[C@@H]3C[C@@H](CC(Br)(C3)C1)C2)c1ccccc1. The normalized spacial score (nSPS) is 33.9. The highest BCUT2D eigenvalue weighted by Gasteiger charge is 2.60. The van der Waals surface area contributed by atoms with Gasteiger partial charge < -0.3 is 9.64 Å². The number of hydrogen-bond acceptors (Lipinski definition) is 3. The molecule has 27 heavy (non-hydrogen) atoms. The molecule has 4 fully saturated rings. The Kier molecular flexibility index (Phi) is 4.86. The predicted octanol–water partition coefficient (Wildman–Crippen LogP) is 4.71. The maximum atomic E-state index is 13.1. The molecule has 0 aliphatic heterocycles. The summed E-state index contributed by atoms with van der Waals surface area (Å²) in [5, 5.41) is 0. The number of para-hydroxylation sites is 1. The van der Waals surface area contributed by atoms with Crippen LogP contribution in [0.3, 0.4) is 0 Å². The molecule has 0 radical (unpaired) electrons. The van der Waals surface area contributed by atoms with Gasteiger partial charge in [0.05, 0.1) is 5.41 Å². The number of amides is 1. The molecule has 4 atom stereocenters. The van der Waals surface area contributed by atoms with Crippen LogP contribution in [0.1, 0.15) is 52.4 Å². The van der Waals surface area contributed by atoms with Crippen LogP contribution in [0, 0.1) is 17.3 Å². The average Bonchev–Trinajstić information content (AvgIpc) is 2.58. The van der Waals surface area contributed by atoms with Gasteiger partial charge in [-0.25, -0.2) is 0 Å². The summed E-state index contributed by atoms with van der Waals surface area (Å²) in [6, 6.07) is 9.57. The van der Waals surface area contributed by atoms with Crippen molar-refractivity contribution in [1.29, 1.82) is 0 Å². The molecule has 4 saturated carbocycles. The van der Waals surface area contributed by atoms with Gasteiger partial charge in [0, 0.05) is 16.1 Å². The lowest BCUT2D eigenvalue weighted by atomic mass is 9.49. The standard InChI is InChI=1S/C22H28BrNO3/c1-15(2)24(18-6-4-3-5-7-18)19(25)13-27-20(26)21-9-16-8-17(10-21)12-22(23,11-16)14-21/h3-7,15-17H,8-14H2,1-2H3/t16-,17+,21?,22?. The van der Waals surface area contributed by atoms with Gasteiger partial charge in [0.15, 0.2) is 6.61 Å². The lowest BCUT2D eigenvalue weighted by Crippen LogP contribution is -2.56. The number of carbonyl (C=O) groups excluding carboxylic acids is 2. The van der Waals surface area contributed by atoms with Gasteiger partial charge in [-0.05, 0) is 76.3 Å². The summed E-state index contributed by atoms with van der Waals surface area (Å²) in [6.45, 7) is 3.76. The van der Waals surface area contributed by atoms with Crippen molar-refractivity contribution in [3.8, 4) is 0 Å². The monoisotopic (exact) mass is 433 g/mol. The maximum absolute atomic E-state index is 13.1. The molecule has 2 unspecified atom stereocenters. The molecular weight excluding hydrogens is 406 g/mol. The van der Waals surface area contributed by atoms with E-state index in [1.54, 1.807) is 4.90 Å². The second kappa shape index (κ2) is 6.91. The number of ether oxygens (including phenoxy) is 1. The molecular formula is C22H28BrNO3. The second-order valence-electron chi connectivity index (χ2n) is 9.16. The molecule has 0 N–H and O–H groups in total. The predicted molar refractivity (Wildman–Crippen MR) is 109 cm³/mol. The number of benzene rings is 1. The minimum absolute atomic E-state index is 0.00367. The van der Waals surface area contributed by atoms with Crippen molar-refractivity contribution in [2.75, 3.05) is 11.5 Å². The van der Waals surface area contributed by atoms with Crippen LogP contribution >= 0.6 is 15.9 Å². The minimum atomic E-state index is -0.386. The van der Waals surface area contributed by atoms with Crippen molar-refractivity contribution >= 4 is 33.5 Å². The number of hydrogen-bond donors (Lipinski definition) is 0. The van der Waals surface area contributed by atoms with Gasteiger partial charge in [0.1, 0.15) is 0 Å². The van der Waals surface area contributed by atoms with Crippen LogP contribution < -0.4 is 4.90 Å². The van der Waals surface area contributed by atoms with Crippen molar-refractivity contribution in [3.05, 3.63) is 30.3 Å². The Balaban J connectivity index is 1.44. The zero-order valence-electron chi connectivity index (χ0n) is 16.1. The zero-order chi connectivity index (χ0) is 19.2. The van der Waals surface area contributed by atoms with Gasteiger partial charge in [-0.1, -0.05) is 34.1 Å². The smallest absolute Gasteiger partial charge is 0.312 e. The van der Waals surface area contributed by atoms with Gasteiger partial charge in [0.2, 0.25) is 0 Å². The molecule has 0 saturated heterocycles.